The number of carbonyl (C=O) groups excluding carboxylic acids is 2. The molecule has 43 heavy (non-hydrogen) atoms. The number of amides is 1. The molecule has 1 aliphatic heterocycles. The first-order valence-corrected chi connectivity index (χ1v) is 15.3. The van der Waals surface area contributed by atoms with Crippen LogP contribution in [-0.4, -0.2) is 62.1 Å². The number of sulfonamides is 1. The van der Waals surface area contributed by atoms with E-state index in [1.807, 2.05) is 35.2 Å². The maximum absolute atomic E-state index is 13.4. The Hall–Kier alpha value is -4.43. The zero-order valence-corrected chi connectivity index (χ0v) is 24.1. The predicted octanol–water partition coefficient (Wildman–Crippen LogP) is 4.92. The maximum Gasteiger partial charge on any atom is 0.493 e. The number of halogens is 3. The molecule has 2 heterocycles. The van der Waals surface area contributed by atoms with Crippen LogP contribution >= 0.6 is 11.3 Å². The topological polar surface area (TPSA) is 100 Å². The van der Waals surface area contributed by atoms with Gasteiger partial charge in [-0.1, -0.05) is 71.2 Å². The molecule has 4 aromatic rings. The van der Waals surface area contributed by atoms with Gasteiger partial charge in [0, 0.05) is 42.3 Å². The highest BCUT2D eigenvalue weighted by Gasteiger charge is 2.46. The van der Waals surface area contributed by atoms with Gasteiger partial charge in [-0.05, 0) is 24.3 Å². The van der Waals surface area contributed by atoms with E-state index in [2.05, 4.69) is 9.74 Å². The lowest BCUT2D eigenvalue weighted by Crippen LogP contribution is -2.46. The van der Waals surface area contributed by atoms with Gasteiger partial charge in [-0.2, -0.15) is 21.6 Å². The Bertz CT molecular complexity index is 1680. The van der Waals surface area contributed by atoms with E-state index in [4.69, 9.17) is 4.98 Å². The summed E-state index contributed by atoms with van der Waals surface area (Å²) in [6.07, 6.45) is -6.23. The van der Waals surface area contributed by atoms with Crippen molar-refractivity contribution in [3.05, 3.63) is 95.9 Å². The van der Waals surface area contributed by atoms with Crippen molar-refractivity contribution in [3.63, 3.8) is 0 Å². The number of carbonyl (C=O) groups is 2. The second kappa shape index (κ2) is 12.4. The number of para-hydroxylation sites is 1. The number of benzene rings is 3. The van der Waals surface area contributed by atoms with E-state index in [9.17, 15) is 31.2 Å². The van der Waals surface area contributed by atoms with Crippen molar-refractivity contribution in [3.8, 4) is 11.3 Å². The summed E-state index contributed by atoms with van der Waals surface area (Å²) in [5.74, 6) is -4.23. The van der Waals surface area contributed by atoms with E-state index in [-0.39, 0.29) is 0 Å². The van der Waals surface area contributed by atoms with E-state index < -0.39 is 43.9 Å². The summed E-state index contributed by atoms with van der Waals surface area (Å²) >= 11 is 1.13. The van der Waals surface area contributed by atoms with Crippen molar-refractivity contribution < 1.29 is 36.0 Å². The van der Waals surface area contributed by atoms with Crippen molar-refractivity contribution in [2.75, 3.05) is 36.0 Å². The number of thiazole rings is 1. The van der Waals surface area contributed by atoms with Gasteiger partial charge in [0.15, 0.2) is 5.13 Å². The van der Waals surface area contributed by atoms with Crippen LogP contribution < -0.4 is 9.80 Å². The quantitative estimate of drug-likeness (QED) is 0.266. The van der Waals surface area contributed by atoms with Crippen molar-refractivity contribution in [2.45, 2.75) is 17.5 Å². The molecule has 0 spiro atoms. The molecule has 5 rings (SSSR count). The van der Waals surface area contributed by atoms with E-state index in [1.165, 1.54) is 18.2 Å². The molecule has 1 amide bonds. The van der Waals surface area contributed by atoms with Crippen LogP contribution in [-0.2, 0) is 30.9 Å². The van der Waals surface area contributed by atoms with E-state index in [0.717, 1.165) is 29.2 Å². The monoisotopic (exact) mass is 630 g/mol. The van der Waals surface area contributed by atoms with Crippen molar-refractivity contribution >= 4 is 44.1 Å². The largest absolute Gasteiger partial charge is 0.493 e. The molecule has 1 aliphatic rings. The summed E-state index contributed by atoms with van der Waals surface area (Å²) in [7, 11) is -4.99. The molecule has 0 N–H and O–H groups in total. The lowest BCUT2D eigenvalue weighted by atomic mass is 10.1. The maximum atomic E-state index is 13.4. The molecule has 224 valence electrons. The van der Waals surface area contributed by atoms with Crippen molar-refractivity contribution in [1.82, 2.24) is 9.45 Å². The summed E-state index contributed by atoms with van der Waals surface area (Å²) in [5.41, 5.74) is 2.09. The summed E-state index contributed by atoms with van der Waals surface area (Å²) < 4.78 is 65.2. The Morgan fingerprint density at radius 3 is 1.95 bits per heavy atom. The van der Waals surface area contributed by atoms with Crippen LogP contribution in [0.3, 0.4) is 0 Å². The smallest absolute Gasteiger partial charge is 0.368 e. The predicted molar refractivity (Wildman–Crippen MR) is 155 cm³/mol. The molecule has 14 heteroatoms. The van der Waals surface area contributed by atoms with Gasteiger partial charge in [0.05, 0.1) is 17.0 Å². The molecule has 0 bridgehead atoms. The fourth-order valence-corrected chi connectivity index (χ4v) is 6.78. The van der Waals surface area contributed by atoms with Crippen LogP contribution in [0.2, 0.25) is 0 Å². The molecule has 0 saturated carbocycles. The van der Waals surface area contributed by atoms with Gasteiger partial charge in [0.1, 0.15) is 0 Å². The second-order valence-electron chi connectivity index (χ2n) is 9.44. The number of hydrogen-bond acceptors (Lipinski definition) is 9. The van der Waals surface area contributed by atoms with Gasteiger partial charge in [-0.3, -0.25) is 4.79 Å². The van der Waals surface area contributed by atoms with E-state index in [0.29, 0.717) is 47.4 Å². The Balaban J connectivity index is 1.45. The number of hydroxylamine groups is 1. The molecule has 0 aliphatic carbocycles. The zero-order chi connectivity index (χ0) is 30.6. The minimum Gasteiger partial charge on any atom is -0.368 e. The fourth-order valence-electron chi connectivity index (χ4n) is 4.46. The molecule has 0 unspecified atom stereocenters. The zero-order valence-electron chi connectivity index (χ0n) is 22.5. The highest BCUT2D eigenvalue weighted by molar-refractivity contribution is 7.89. The summed E-state index contributed by atoms with van der Waals surface area (Å²) in [6.45, 7) is 2.63. The molecule has 3 aromatic carbocycles. The lowest BCUT2D eigenvalue weighted by molar-refractivity contribution is -0.222. The molecule has 0 radical (unpaired) electrons. The van der Waals surface area contributed by atoms with Crippen molar-refractivity contribution in [1.29, 1.82) is 0 Å². The minimum absolute atomic E-state index is 0.299. The van der Waals surface area contributed by atoms with Gasteiger partial charge in [0.25, 0.3) is 15.9 Å². The Kier molecular flexibility index (Phi) is 8.69. The average molecular weight is 631 g/mol. The minimum atomic E-state index is -5.54. The summed E-state index contributed by atoms with van der Waals surface area (Å²) in [6, 6.07) is 25.0. The van der Waals surface area contributed by atoms with E-state index >= 15 is 0 Å². The Labute approximate surface area is 249 Å². The molecule has 1 saturated heterocycles. The molecular formula is C29H25F3N4O5S2. The number of piperazine rings is 1. The third kappa shape index (κ3) is 6.81. The highest BCUT2D eigenvalue weighted by Crippen LogP contribution is 2.35. The molecule has 1 aromatic heterocycles. The number of rotatable bonds is 7. The first kappa shape index (κ1) is 30.0. The van der Waals surface area contributed by atoms with Crippen LogP contribution in [0.4, 0.5) is 24.0 Å². The van der Waals surface area contributed by atoms with E-state index in [1.54, 1.807) is 30.3 Å². The first-order chi connectivity index (χ1) is 20.5. The second-order valence-corrected chi connectivity index (χ2v) is 12.3. The number of aromatic nitrogens is 1. The summed E-state index contributed by atoms with van der Waals surface area (Å²) in [4.78, 5) is 38.1. The highest BCUT2D eigenvalue weighted by atomic mass is 32.2. The van der Waals surface area contributed by atoms with Crippen LogP contribution in [0.15, 0.2) is 95.9 Å². The van der Waals surface area contributed by atoms with Crippen LogP contribution in [0.25, 0.3) is 11.3 Å². The third-order valence-electron chi connectivity index (χ3n) is 6.58. The lowest BCUT2D eigenvalue weighted by Gasteiger charge is -2.36. The number of hydrogen-bond donors (Lipinski definition) is 0. The Morgan fingerprint density at radius 2 is 1.37 bits per heavy atom. The fraction of sp³-hybridized carbons (Fsp3) is 0.207. The number of nitrogens with zero attached hydrogens (tertiary/aromatic N) is 4. The van der Waals surface area contributed by atoms with Crippen LogP contribution in [0, 0.1) is 0 Å². The number of anilines is 2. The molecular weight excluding hydrogens is 605 g/mol. The van der Waals surface area contributed by atoms with Gasteiger partial charge < -0.3 is 14.6 Å². The standard InChI is InChI=1S/C29H25F3N4O5S2/c30-29(31,32)27(38)41-36(43(39,40)23-14-8-3-9-15-23)25(37)20-24-26(21-10-4-1-5-11-21)33-28(42-24)35-18-16-34(17-19-35)22-12-6-2-7-13-22/h1-15H,16-20H2. The molecule has 9 nitrogen and oxygen atoms in total. The SMILES string of the molecule is O=C(Cc1sc(N2CCN(c3ccccc3)CC2)nc1-c1ccccc1)N(OC(=O)C(F)(F)F)S(=O)(=O)c1ccccc1. The molecule has 1 fully saturated rings. The number of alkyl halides is 3. The summed E-state index contributed by atoms with van der Waals surface area (Å²) in [5, 5.41) is 0.569. The molecule has 0 atom stereocenters. The normalized spacial score (nSPS) is 13.9. The van der Waals surface area contributed by atoms with Crippen molar-refractivity contribution in [2.24, 2.45) is 0 Å². The average Bonchev–Trinajstić information content (AvgIpc) is 3.44. The van der Waals surface area contributed by atoms with Crippen LogP contribution in [0.1, 0.15) is 4.88 Å². The van der Waals surface area contributed by atoms with Gasteiger partial charge >= 0.3 is 12.1 Å². The van der Waals surface area contributed by atoms with Crippen LogP contribution in [0.5, 0.6) is 0 Å². The third-order valence-corrected chi connectivity index (χ3v) is 9.28. The Morgan fingerprint density at radius 1 is 0.837 bits per heavy atom. The first-order valence-electron chi connectivity index (χ1n) is 13.1. The van der Waals surface area contributed by atoms with Gasteiger partial charge in [-0.15, -0.1) is 11.3 Å². The van der Waals surface area contributed by atoms with Gasteiger partial charge in [0.2, 0.25) is 0 Å². The van der Waals surface area contributed by atoms with Gasteiger partial charge in [-0.25, -0.2) is 9.78 Å².